The Morgan fingerprint density at radius 1 is 1.32 bits per heavy atom. The standard InChI is InChI=1S/C13H15BrN2O3/c1-8-6-10(7-9(2)12(8)14)16-13(19)15-5-3-4-11(17)18/h3-4,6-7H,5H2,1-2H3,(H,17,18)(H2,15,16,19)/b4-3+. The first-order valence-corrected chi connectivity index (χ1v) is 6.40. The van der Waals surface area contributed by atoms with Crippen molar-refractivity contribution in [3.63, 3.8) is 0 Å². The first-order valence-electron chi connectivity index (χ1n) is 5.61. The smallest absolute Gasteiger partial charge is 0.328 e. The molecule has 1 aromatic rings. The normalized spacial score (nSPS) is 10.5. The average Bonchev–Trinajstić information content (AvgIpc) is 2.31. The van der Waals surface area contributed by atoms with Gasteiger partial charge in [-0.2, -0.15) is 0 Å². The van der Waals surface area contributed by atoms with Gasteiger partial charge >= 0.3 is 12.0 Å². The summed E-state index contributed by atoms with van der Waals surface area (Å²) in [6.07, 6.45) is 2.34. The van der Waals surface area contributed by atoms with E-state index in [1.165, 1.54) is 6.08 Å². The number of amides is 2. The zero-order valence-corrected chi connectivity index (χ0v) is 12.2. The number of urea groups is 1. The molecule has 102 valence electrons. The number of carboxylic acids is 1. The summed E-state index contributed by atoms with van der Waals surface area (Å²) in [5, 5.41) is 13.6. The van der Waals surface area contributed by atoms with Crippen molar-refractivity contribution in [3.8, 4) is 0 Å². The largest absolute Gasteiger partial charge is 0.478 e. The summed E-state index contributed by atoms with van der Waals surface area (Å²) in [5.41, 5.74) is 2.75. The van der Waals surface area contributed by atoms with E-state index < -0.39 is 5.97 Å². The third-order valence-electron chi connectivity index (χ3n) is 2.34. The van der Waals surface area contributed by atoms with E-state index in [1.54, 1.807) is 0 Å². The highest BCUT2D eigenvalue weighted by Gasteiger charge is 2.05. The summed E-state index contributed by atoms with van der Waals surface area (Å²) >= 11 is 3.45. The van der Waals surface area contributed by atoms with Crippen LogP contribution in [-0.4, -0.2) is 23.7 Å². The van der Waals surface area contributed by atoms with Crippen LogP contribution in [0.5, 0.6) is 0 Å². The van der Waals surface area contributed by atoms with E-state index in [0.717, 1.165) is 21.7 Å². The molecule has 0 bridgehead atoms. The van der Waals surface area contributed by atoms with E-state index in [4.69, 9.17) is 5.11 Å². The monoisotopic (exact) mass is 326 g/mol. The quantitative estimate of drug-likeness (QED) is 0.744. The molecule has 1 aromatic carbocycles. The first-order chi connectivity index (χ1) is 8.90. The van der Waals surface area contributed by atoms with Gasteiger partial charge < -0.3 is 15.7 Å². The lowest BCUT2D eigenvalue weighted by atomic mass is 10.1. The molecule has 0 aliphatic heterocycles. The minimum atomic E-state index is -1.04. The van der Waals surface area contributed by atoms with Gasteiger partial charge in [0.15, 0.2) is 0 Å². The van der Waals surface area contributed by atoms with Crippen LogP contribution in [0.1, 0.15) is 11.1 Å². The Bertz CT molecular complexity index is 504. The van der Waals surface area contributed by atoms with Gasteiger partial charge in [0.2, 0.25) is 0 Å². The summed E-state index contributed by atoms with van der Waals surface area (Å²) in [6, 6.07) is 3.32. The Labute approximate surface area is 119 Å². The van der Waals surface area contributed by atoms with Gasteiger partial charge in [0, 0.05) is 22.8 Å². The number of aliphatic carboxylic acids is 1. The number of anilines is 1. The molecule has 0 saturated heterocycles. The molecule has 0 aliphatic rings. The SMILES string of the molecule is Cc1cc(NC(=O)NC/C=C/C(=O)O)cc(C)c1Br. The maximum absolute atomic E-state index is 11.5. The molecule has 0 aromatic heterocycles. The molecule has 0 saturated carbocycles. The highest BCUT2D eigenvalue weighted by atomic mass is 79.9. The van der Waals surface area contributed by atoms with Crippen molar-refractivity contribution in [3.05, 3.63) is 39.9 Å². The molecule has 0 heterocycles. The van der Waals surface area contributed by atoms with Crippen molar-refractivity contribution in [1.29, 1.82) is 0 Å². The number of benzene rings is 1. The molecule has 0 radical (unpaired) electrons. The molecule has 0 unspecified atom stereocenters. The number of hydrogen-bond donors (Lipinski definition) is 3. The van der Waals surface area contributed by atoms with Crippen LogP contribution in [0, 0.1) is 13.8 Å². The lowest BCUT2D eigenvalue weighted by Gasteiger charge is -2.10. The minimum absolute atomic E-state index is 0.159. The van der Waals surface area contributed by atoms with Crippen LogP contribution in [0.4, 0.5) is 10.5 Å². The molecule has 0 aliphatic carbocycles. The zero-order chi connectivity index (χ0) is 14.4. The first kappa shape index (κ1) is 15.2. The van der Waals surface area contributed by atoms with Crippen LogP contribution in [0.25, 0.3) is 0 Å². The summed E-state index contributed by atoms with van der Waals surface area (Å²) in [4.78, 5) is 21.8. The summed E-state index contributed by atoms with van der Waals surface area (Å²) in [5.74, 6) is -1.04. The van der Waals surface area contributed by atoms with Crippen molar-refractivity contribution in [2.75, 3.05) is 11.9 Å². The third kappa shape index (κ3) is 5.13. The summed E-state index contributed by atoms with van der Waals surface area (Å²) in [7, 11) is 0. The number of nitrogens with one attached hydrogen (secondary N) is 2. The van der Waals surface area contributed by atoms with Crippen LogP contribution in [0.15, 0.2) is 28.8 Å². The second kappa shape index (κ2) is 6.94. The Morgan fingerprint density at radius 3 is 2.42 bits per heavy atom. The Hall–Kier alpha value is -1.82. The molecule has 6 heteroatoms. The van der Waals surface area contributed by atoms with E-state index >= 15 is 0 Å². The molecule has 5 nitrogen and oxygen atoms in total. The van der Waals surface area contributed by atoms with Crippen LogP contribution >= 0.6 is 15.9 Å². The van der Waals surface area contributed by atoms with Crippen LogP contribution < -0.4 is 10.6 Å². The minimum Gasteiger partial charge on any atom is -0.478 e. The van der Waals surface area contributed by atoms with E-state index in [2.05, 4.69) is 26.6 Å². The maximum Gasteiger partial charge on any atom is 0.328 e. The van der Waals surface area contributed by atoms with Crippen molar-refractivity contribution >= 4 is 33.6 Å². The van der Waals surface area contributed by atoms with Crippen LogP contribution in [0.3, 0.4) is 0 Å². The molecule has 19 heavy (non-hydrogen) atoms. The van der Waals surface area contributed by atoms with Gasteiger partial charge in [-0.3, -0.25) is 0 Å². The maximum atomic E-state index is 11.5. The molecule has 2 amide bonds. The van der Waals surface area contributed by atoms with Crippen LogP contribution in [0.2, 0.25) is 0 Å². The Balaban J connectivity index is 2.55. The predicted molar refractivity (Wildman–Crippen MR) is 77.4 cm³/mol. The molecular formula is C13H15BrN2O3. The van der Waals surface area contributed by atoms with Gasteiger partial charge in [-0.15, -0.1) is 0 Å². The van der Waals surface area contributed by atoms with Gasteiger partial charge in [-0.1, -0.05) is 22.0 Å². The zero-order valence-electron chi connectivity index (χ0n) is 10.7. The topological polar surface area (TPSA) is 78.4 Å². The van der Waals surface area contributed by atoms with Crippen molar-refractivity contribution in [2.24, 2.45) is 0 Å². The van der Waals surface area contributed by atoms with Crippen molar-refractivity contribution in [1.82, 2.24) is 5.32 Å². The third-order valence-corrected chi connectivity index (χ3v) is 3.59. The van der Waals surface area contributed by atoms with Gasteiger partial charge in [0.25, 0.3) is 0 Å². The van der Waals surface area contributed by atoms with E-state index in [1.807, 2.05) is 26.0 Å². The van der Waals surface area contributed by atoms with Crippen LogP contribution in [-0.2, 0) is 4.79 Å². The Kier molecular flexibility index (Phi) is 5.57. The predicted octanol–water partition coefficient (Wildman–Crippen LogP) is 2.83. The number of carbonyl (C=O) groups is 2. The highest BCUT2D eigenvalue weighted by molar-refractivity contribution is 9.10. The number of hydrogen-bond acceptors (Lipinski definition) is 2. The molecule has 3 N–H and O–H groups in total. The lowest BCUT2D eigenvalue weighted by molar-refractivity contribution is -0.131. The molecular weight excluding hydrogens is 312 g/mol. The van der Waals surface area contributed by atoms with Gasteiger partial charge in [-0.05, 0) is 37.1 Å². The van der Waals surface area contributed by atoms with Gasteiger partial charge in [-0.25, -0.2) is 9.59 Å². The van der Waals surface area contributed by atoms with Gasteiger partial charge in [0.1, 0.15) is 0 Å². The number of rotatable bonds is 4. The molecule has 0 spiro atoms. The highest BCUT2D eigenvalue weighted by Crippen LogP contribution is 2.24. The fourth-order valence-corrected chi connectivity index (χ4v) is 1.73. The fraction of sp³-hybridized carbons (Fsp3) is 0.231. The Morgan fingerprint density at radius 2 is 1.89 bits per heavy atom. The molecule has 0 fully saturated rings. The molecule has 0 atom stereocenters. The van der Waals surface area contributed by atoms with E-state index in [0.29, 0.717) is 5.69 Å². The van der Waals surface area contributed by atoms with Crippen molar-refractivity contribution < 1.29 is 14.7 Å². The second-order valence-corrected chi connectivity index (χ2v) is 4.79. The fourth-order valence-electron chi connectivity index (χ4n) is 1.50. The van der Waals surface area contributed by atoms with Crippen molar-refractivity contribution in [2.45, 2.75) is 13.8 Å². The number of carboxylic acid groups (broad SMARTS) is 1. The van der Waals surface area contributed by atoms with E-state index in [9.17, 15) is 9.59 Å². The molecule has 1 rings (SSSR count). The number of carbonyl (C=O) groups excluding carboxylic acids is 1. The second-order valence-electron chi connectivity index (χ2n) is 4.00. The lowest BCUT2D eigenvalue weighted by Crippen LogP contribution is -2.28. The summed E-state index contributed by atoms with van der Waals surface area (Å²) < 4.78 is 1.02. The average molecular weight is 327 g/mol. The number of aryl methyl sites for hydroxylation is 2. The van der Waals surface area contributed by atoms with Gasteiger partial charge in [0.05, 0.1) is 0 Å². The summed E-state index contributed by atoms with van der Waals surface area (Å²) in [6.45, 7) is 4.04. The van der Waals surface area contributed by atoms with E-state index in [-0.39, 0.29) is 12.6 Å². The number of halogens is 1.